The number of benzene rings is 2. The maximum atomic E-state index is 12.6. The Labute approximate surface area is 202 Å². The fourth-order valence-corrected chi connectivity index (χ4v) is 3.97. The molecule has 0 unspecified atom stereocenters. The molecule has 10 nitrogen and oxygen atoms in total. The monoisotopic (exact) mass is 485 g/mol. The van der Waals surface area contributed by atoms with Crippen LogP contribution in [0.15, 0.2) is 86.1 Å². The first-order valence-corrected chi connectivity index (χ1v) is 11.1. The van der Waals surface area contributed by atoms with Crippen LogP contribution in [0.3, 0.4) is 0 Å². The number of H-pyrrole nitrogens is 2. The summed E-state index contributed by atoms with van der Waals surface area (Å²) in [7, 11) is 0. The molecule has 0 saturated carbocycles. The lowest BCUT2D eigenvalue weighted by Gasteiger charge is -2.11. The number of aromatic hydroxyl groups is 2. The first-order chi connectivity index (χ1) is 17.0. The second kappa shape index (κ2) is 9.31. The van der Waals surface area contributed by atoms with Gasteiger partial charge < -0.3 is 15.2 Å². The maximum Gasteiger partial charge on any atom is 0.262 e. The Kier molecular flexibility index (Phi) is 5.90. The SMILES string of the molecule is O=c1[nH]c(=S)n(CCc2ccc(O)cc2)c(O)c1/C=c1\ccc(=c2ccc(=C3N=NN=N3)cc2)[nH]1. The molecule has 0 bridgehead atoms. The zero-order valence-corrected chi connectivity index (χ0v) is 19.0. The number of nitrogens with zero attached hydrogens (tertiary/aromatic N) is 5. The zero-order chi connectivity index (χ0) is 24.4. The van der Waals surface area contributed by atoms with E-state index in [1.807, 2.05) is 36.4 Å². The van der Waals surface area contributed by atoms with Gasteiger partial charge >= 0.3 is 0 Å². The first-order valence-electron chi connectivity index (χ1n) is 10.7. The number of hydrogen-bond acceptors (Lipinski definition) is 8. The number of phenols is 1. The lowest BCUT2D eigenvalue weighted by atomic mass is 10.1. The van der Waals surface area contributed by atoms with E-state index in [4.69, 9.17) is 12.2 Å². The van der Waals surface area contributed by atoms with Crippen LogP contribution in [-0.2, 0) is 13.0 Å². The molecule has 0 spiro atoms. The molecule has 0 radical (unpaired) electrons. The molecule has 0 fully saturated rings. The van der Waals surface area contributed by atoms with Gasteiger partial charge in [-0.05, 0) is 70.2 Å². The zero-order valence-electron chi connectivity index (χ0n) is 18.2. The van der Waals surface area contributed by atoms with Crippen molar-refractivity contribution in [3.05, 3.63) is 108 Å². The van der Waals surface area contributed by atoms with Crippen LogP contribution in [0.5, 0.6) is 11.6 Å². The molecule has 4 N–H and O–H groups in total. The normalized spacial score (nSPS) is 13.1. The molecule has 2 aromatic heterocycles. The molecule has 4 aromatic rings. The lowest BCUT2D eigenvalue weighted by molar-refractivity contribution is 0.402. The minimum absolute atomic E-state index is 0.0985. The number of phenolic OH excluding ortho intramolecular Hbond substituents is 1. The molecular weight excluding hydrogens is 466 g/mol. The van der Waals surface area contributed by atoms with Crippen molar-refractivity contribution in [3.63, 3.8) is 0 Å². The molecule has 174 valence electrons. The smallest absolute Gasteiger partial charge is 0.262 e. The van der Waals surface area contributed by atoms with Gasteiger partial charge in [-0.15, -0.1) is 10.2 Å². The number of aromatic amines is 2. The van der Waals surface area contributed by atoms with E-state index in [1.165, 1.54) is 4.57 Å². The van der Waals surface area contributed by atoms with Gasteiger partial charge in [0.15, 0.2) is 4.77 Å². The average Bonchev–Trinajstić information content (AvgIpc) is 3.56. The molecule has 5 rings (SSSR count). The van der Waals surface area contributed by atoms with Crippen LogP contribution in [-0.4, -0.2) is 24.7 Å². The quantitative estimate of drug-likeness (QED) is 0.330. The van der Waals surface area contributed by atoms with E-state index in [9.17, 15) is 15.0 Å². The van der Waals surface area contributed by atoms with Crippen molar-refractivity contribution >= 4 is 24.1 Å². The topological polar surface area (TPSA) is 143 Å². The Balaban J connectivity index is 1.50. The van der Waals surface area contributed by atoms with Crippen LogP contribution in [0.4, 0.5) is 0 Å². The van der Waals surface area contributed by atoms with Gasteiger partial charge in [-0.3, -0.25) is 14.3 Å². The minimum Gasteiger partial charge on any atom is -0.508 e. The average molecular weight is 486 g/mol. The Hall–Kier alpha value is -4.64. The van der Waals surface area contributed by atoms with Gasteiger partial charge in [0, 0.05) is 22.5 Å². The number of nitrogens with one attached hydrogen (secondary N) is 2. The molecule has 0 atom stereocenters. The summed E-state index contributed by atoms with van der Waals surface area (Å²) in [5.41, 5.74) is 0.575. The Bertz CT molecular complexity index is 1780. The fraction of sp³-hybridized carbons (Fsp3) is 0.0833. The van der Waals surface area contributed by atoms with E-state index < -0.39 is 5.56 Å². The Morgan fingerprint density at radius 1 is 0.886 bits per heavy atom. The van der Waals surface area contributed by atoms with Crippen molar-refractivity contribution < 1.29 is 10.2 Å². The van der Waals surface area contributed by atoms with Crippen molar-refractivity contribution in [2.24, 2.45) is 20.7 Å². The van der Waals surface area contributed by atoms with E-state index >= 15 is 0 Å². The van der Waals surface area contributed by atoms with Gasteiger partial charge in [0.1, 0.15) is 11.3 Å². The summed E-state index contributed by atoms with van der Waals surface area (Å²) in [6, 6.07) is 18.0. The van der Waals surface area contributed by atoms with Crippen LogP contribution in [0.1, 0.15) is 11.1 Å². The van der Waals surface area contributed by atoms with Crippen molar-refractivity contribution in [1.29, 1.82) is 0 Å². The van der Waals surface area contributed by atoms with E-state index in [-0.39, 0.29) is 22.0 Å². The third-order valence-corrected chi connectivity index (χ3v) is 5.87. The number of aromatic nitrogens is 3. The van der Waals surface area contributed by atoms with E-state index in [1.54, 1.807) is 30.3 Å². The third-order valence-electron chi connectivity index (χ3n) is 5.55. The summed E-state index contributed by atoms with van der Waals surface area (Å²) in [5, 5.41) is 38.2. The summed E-state index contributed by atoms with van der Waals surface area (Å²) < 4.78 is 1.61. The van der Waals surface area contributed by atoms with E-state index in [0.29, 0.717) is 24.1 Å². The highest BCUT2D eigenvalue weighted by molar-refractivity contribution is 7.71. The first kappa shape index (κ1) is 22.2. The summed E-state index contributed by atoms with van der Waals surface area (Å²) in [5.74, 6) is 0.423. The highest BCUT2D eigenvalue weighted by Gasteiger charge is 2.11. The summed E-state index contributed by atoms with van der Waals surface area (Å²) in [6.07, 6.45) is 2.13. The Morgan fingerprint density at radius 2 is 1.57 bits per heavy atom. The minimum atomic E-state index is -0.481. The van der Waals surface area contributed by atoms with Crippen molar-refractivity contribution in [2.75, 3.05) is 0 Å². The van der Waals surface area contributed by atoms with Crippen LogP contribution < -0.4 is 16.1 Å². The molecular formula is C24H19N7O3S. The fourth-order valence-electron chi connectivity index (χ4n) is 3.70. The van der Waals surface area contributed by atoms with Crippen molar-refractivity contribution in [3.8, 4) is 11.6 Å². The number of hydrogen-bond donors (Lipinski definition) is 4. The van der Waals surface area contributed by atoms with Crippen LogP contribution in [0, 0.1) is 15.3 Å². The standard InChI is InChI=1S/C24H19N7O3S/c32-18-8-1-14(2-9-18)11-12-31-23(34)19(22(33)26-24(31)35)13-17-7-10-20(25-17)15-3-5-16(6-4-15)21-27-29-30-28-21/h1-10,13,25,32,34H,11-12H2,(H,26,33,35)/b17-13+. The highest BCUT2D eigenvalue weighted by Crippen LogP contribution is 2.16. The molecule has 0 aliphatic carbocycles. The van der Waals surface area contributed by atoms with Crippen molar-refractivity contribution in [1.82, 2.24) is 14.5 Å². The summed E-state index contributed by atoms with van der Waals surface area (Å²) in [6.45, 7) is 0.355. The van der Waals surface area contributed by atoms with Crippen molar-refractivity contribution in [2.45, 2.75) is 13.0 Å². The molecule has 11 heteroatoms. The van der Waals surface area contributed by atoms with Gasteiger partial charge in [0.2, 0.25) is 11.7 Å². The van der Waals surface area contributed by atoms with Gasteiger partial charge in [-0.2, -0.15) is 0 Å². The molecule has 2 aromatic carbocycles. The van der Waals surface area contributed by atoms with Gasteiger partial charge in [0.25, 0.3) is 5.56 Å². The van der Waals surface area contributed by atoms with Crippen LogP contribution in [0.25, 0.3) is 11.9 Å². The highest BCUT2D eigenvalue weighted by atomic mass is 32.1. The summed E-state index contributed by atoms with van der Waals surface area (Å²) >= 11 is 5.26. The number of aryl methyl sites for hydroxylation is 1. The van der Waals surface area contributed by atoms with Gasteiger partial charge in [-0.25, -0.2) is 0 Å². The second-order valence-corrected chi connectivity index (χ2v) is 8.20. The summed E-state index contributed by atoms with van der Waals surface area (Å²) in [4.78, 5) is 18.4. The van der Waals surface area contributed by atoms with E-state index in [0.717, 1.165) is 21.3 Å². The van der Waals surface area contributed by atoms with E-state index in [2.05, 4.69) is 30.6 Å². The maximum absolute atomic E-state index is 12.6. The predicted octanol–water partition coefficient (Wildman–Crippen LogP) is 2.90. The van der Waals surface area contributed by atoms with Gasteiger partial charge in [0.05, 0.1) is 0 Å². The largest absolute Gasteiger partial charge is 0.508 e. The lowest BCUT2D eigenvalue weighted by Crippen LogP contribution is -2.19. The molecule has 1 aliphatic rings. The Morgan fingerprint density at radius 3 is 2.29 bits per heavy atom. The van der Waals surface area contributed by atoms with Crippen LogP contribution in [0.2, 0.25) is 0 Å². The molecule has 0 saturated heterocycles. The van der Waals surface area contributed by atoms with Gasteiger partial charge in [-0.1, -0.05) is 36.4 Å². The molecule has 35 heavy (non-hydrogen) atoms. The molecule has 0 amide bonds. The molecule has 3 heterocycles. The second-order valence-electron chi connectivity index (χ2n) is 7.82. The third kappa shape index (κ3) is 4.70. The predicted molar refractivity (Wildman–Crippen MR) is 130 cm³/mol. The number of rotatable bonds is 4. The molecule has 1 aliphatic heterocycles. The van der Waals surface area contributed by atoms with Crippen LogP contribution >= 0.6 is 12.2 Å².